The van der Waals surface area contributed by atoms with E-state index in [1.807, 2.05) is 53.8 Å². The third kappa shape index (κ3) is 2.82. The fourth-order valence-electron chi connectivity index (χ4n) is 3.24. The summed E-state index contributed by atoms with van der Waals surface area (Å²) in [7, 11) is 0. The molecule has 4 rings (SSSR count). The standard InChI is InChI=1S/C18H20N6O/c1-12-16(13(2)21-20-12)18(25)23-9-8-15-19-17(22-24(15)11-10-23)14-6-4-3-5-7-14/h3-7H,8-11H2,1-2H3,(H,20,21). The Morgan fingerprint density at radius 1 is 1.12 bits per heavy atom. The van der Waals surface area contributed by atoms with Crippen molar-refractivity contribution in [1.29, 1.82) is 0 Å². The van der Waals surface area contributed by atoms with Gasteiger partial charge < -0.3 is 4.90 Å². The van der Waals surface area contributed by atoms with Gasteiger partial charge in [0.2, 0.25) is 0 Å². The number of aromatic nitrogens is 5. The maximum atomic E-state index is 12.8. The summed E-state index contributed by atoms with van der Waals surface area (Å²) in [6.07, 6.45) is 0.696. The van der Waals surface area contributed by atoms with E-state index in [1.165, 1.54) is 0 Å². The molecule has 128 valence electrons. The number of carbonyl (C=O) groups is 1. The molecule has 1 aliphatic rings. The van der Waals surface area contributed by atoms with Crippen LogP contribution >= 0.6 is 0 Å². The second-order valence-corrected chi connectivity index (χ2v) is 6.29. The van der Waals surface area contributed by atoms with Crippen LogP contribution in [0.25, 0.3) is 11.4 Å². The van der Waals surface area contributed by atoms with E-state index in [9.17, 15) is 4.79 Å². The molecule has 1 N–H and O–H groups in total. The van der Waals surface area contributed by atoms with Gasteiger partial charge in [0, 0.05) is 30.8 Å². The van der Waals surface area contributed by atoms with E-state index >= 15 is 0 Å². The molecule has 0 unspecified atom stereocenters. The van der Waals surface area contributed by atoms with Gasteiger partial charge in [0.1, 0.15) is 5.82 Å². The molecular weight excluding hydrogens is 316 g/mol. The van der Waals surface area contributed by atoms with Gasteiger partial charge in [-0.25, -0.2) is 9.67 Å². The van der Waals surface area contributed by atoms with E-state index in [4.69, 9.17) is 0 Å². The minimum Gasteiger partial charge on any atom is -0.336 e. The van der Waals surface area contributed by atoms with Gasteiger partial charge in [0.15, 0.2) is 5.82 Å². The molecule has 0 fully saturated rings. The van der Waals surface area contributed by atoms with Crippen LogP contribution in [0.3, 0.4) is 0 Å². The van der Waals surface area contributed by atoms with Crippen molar-refractivity contribution in [1.82, 2.24) is 29.9 Å². The van der Waals surface area contributed by atoms with Crippen LogP contribution in [0.15, 0.2) is 30.3 Å². The molecule has 7 nitrogen and oxygen atoms in total. The molecule has 1 aromatic carbocycles. The van der Waals surface area contributed by atoms with E-state index in [1.54, 1.807) is 0 Å². The lowest BCUT2D eigenvalue weighted by Crippen LogP contribution is -2.34. The zero-order valence-electron chi connectivity index (χ0n) is 14.4. The molecule has 1 amide bonds. The number of rotatable bonds is 2. The molecule has 2 aromatic heterocycles. The van der Waals surface area contributed by atoms with E-state index in [0.29, 0.717) is 31.6 Å². The SMILES string of the molecule is Cc1n[nH]c(C)c1C(=O)N1CCc2nc(-c3ccccc3)nn2CC1. The summed E-state index contributed by atoms with van der Waals surface area (Å²) in [5.74, 6) is 1.70. The Kier molecular flexibility index (Phi) is 3.83. The molecule has 0 saturated carbocycles. The second-order valence-electron chi connectivity index (χ2n) is 6.29. The maximum absolute atomic E-state index is 12.8. The quantitative estimate of drug-likeness (QED) is 0.776. The number of hydrogen-bond acceptors (Lipinski definition) is 4. The van der Waals surface area contributed by atoms with Crippen molar-refractivity contribution in [3.63, 3.8) is 0 Å². The number of fused-ring (bicyclic) bond motifs is 1. The first-order chi connectivity index (χ1) is 12.1. The fraction of sp³-hybridized carbons (Fsp3) is 0.333. The minimum absolute atomic E-state index is 0.0257. The molecule has 1 aliphatic heterocycles. The normalized spacial score (nSPS) is 14.2. The van der Waals surface area contributed by atoms with Crippen molar-refractivity contribution < 1.29 is 4.79 Å². The first-order valence-electron chi connectivity index (χ1n) is 8.43. The predicted molar refractivity (Wildman–Crippen MR) is 93.1 cm³/mol. The van der Waals surface area contributed by atoms with Gasteiger partial charge in [-0.1, -0.05) is 30.3 Å². The lowest BCUT2D eigenvalue weighted by molar-refractivity contribution is 0.0757. The van der Waals surface area contributed by atoms with E-state index in [2.05, 4.69) is 20.3 Å². The molecule has 0 aliphatic carbocycles. The molecule has 3 heterocycles. The number of nitrogens with zero attached hydrogens (tertiary/aromatic N) is 5. The molecule has 0 saturated heterocycles. The van der Waals surface area contributed by atoms with Crippen LogP contribution in [0.4, 0.5) is 0 Å². The average Bonchev–Trinajstić information content (AvgIpc) is 3.12. The molecule has 0 spiro atoms. The molecule has 0 bridgehead atoms. The van der Waals surface area contributed by atoms with Gasteiger partial charge >= 0.3 is 0 Å². The average molecular weight is 336 g/mol. The summed E-state index contributed by atoms with van der Waals surface area (Å²) >= 11 is 0. The van der Waals surface area contributed by atoms with Crippen molar-refractivity contribution >= 4 is 5.91 Å². The number of H-pyrrole nitrogens is 1. The monoisotopic (exact) mass is 336 g/mol. The van der Waals surface area contributed by atoms with Gasteiger partial charge in [0.25, 0.3) is 5.91 Å². The molecular formula is C18H20N6O. The summed E-state index contributed by atoms with van der Waals surface area (Å²) in [6, 6.07) is 9.97. The largest absolute Gasteiger partial charge is 0.336 e. The van der Waals surface area contributed by atoms with Gasteiger partial charge in [-0.05, 0) is 13.8 Å². The lowest BCUT2D eigenvalue weighted by atomic mass is 10.1. The summed E-state index contributed by atoms with van der Waals surface area (Å²) in [4.78, 5) is 19.4. The number of hydrogen-bond donors (Lipinski definition) is 1. The van der Waals surface area contributed by atoms with Crippen molar-refractivity contribution in [2.24, 2.45) is 0 Å². The van der Waals surface area contributed by atoms with E-state index in [0.717, 1.165) is 28.6 Å². The Morgan fingerprint density at radius 2 is 1.92 bits per heavy atom. The number of nitrogens with one attached hydrogen (secondary N) is 1. The highest BCUT2D eigenvalue weighted by Gasteiger charge is 2.25. The maximum Gasteiger partial charge on any atom is 0.257 e. The Labute approximate surface area is 145 Å². The van der Waals surface area contributed by atoms with E-state index in [-0.39, 0.29) is 5.91 Å². The van der Waals surface area contributed by atoms with Crippen LogP contribution in [0.5, 0.6) is 0 Å². The van der Waals surface area contributed by atoms with Crippen LogP contribution in [0.1, 0.15) is 27.6 Å². The van der Waals surface area contributed by atoms with Gasteiger partial charge in [-0.3, -0.25) is 9.89 Å². The Hall–Kier alpha value is -2.96. The number of amides is 1. The zero-order chi connectivity index (χ0) is 17.4. The highest BCUT2D eigenvalue weighted by Crippen LogP contribution is 2.19. The molecule has 0 radical (unpaired) electrons. The topological polar surface area (TPSA) is 79.7 Å². The fourth-order valence-corrected chi connectivity index (χ4v) is 3.24. The molecule has 3 aromatic rings. The Morgan fingerprint density at radius 3 is 2.64 bits per heavy atom. The van der Waals surface area contributed by atoms with Crippen LogP contribution in [0, 0.1) is 13.8 Å². The number of aryl methyl sites for hydroxylation is 2. The van der Waals surface area contributed by atoms with Crippen LogP contribution in [-0.4, -0.2) is 48.9 Å². The third-order valence-corrected chi connectivity index (χ3v) is 4.60. The molecule has 7 heteroatoms. The minimum atomic E-state index is 0.0257. The summed E-state index contributed by atoms with van der Waals surface area (Å²) in [5, 5.41) is 11.6. The first kappa shape index (κ1) is 15.6. The smallest absolute Gasteiger partial charge is 0.257 e. The summed E-state index contributed by atoms with van der Waals surface area (Å²) in [5.41, 5.74) is 3.25. The number of carbonyl (C=O) groups excluding carboxylic acids is 1. The third-order valence-electron chi connectivity index (χ3n) is 4.60. The van der Waals surface area contributed by atoms with Crippen LogP contribution < -0.4 is 0 Å². The van der Waals surface area contributed by atoms with E-state index < -0.39 is 0 Å². The zero-order valence-corrected chi connectivity index (χ0v) is 14.4. The number of benzene rings is 1. The van der Waals surface area contributed by atoms with Crippen molar-refractivity contribution in [2.45, 2.75) is 26.8 Å². The first-order valence-corrected chi connectivity index (χ1v) is 8.43. The number of aromatic amines is 1. The summed E-state index contributed by atoms with van der Waals surface area (Å²) < 4.78 is 1.92. The van der Waals surface area contributed by atoms with Crippen molar-refractivity contribution in [2.75, 3.05) is 13.1 Å². The molecule has 25 heavy (non-hydrogen) atoms. The van der Waals surface area contributed by atoms with Gasteiger partial charge in [0.05, 0.1) is 17.8 Å². The highest BCUT2D eigenvalue weighted by molar-refractivity contribution is 5.96. The van der Waals surface area contributed by atoms with Crippen LogP contribution in [-0.2, 0) is 13.0 Å². The predicted octanol–water partition coefficient (Wildman–Crippen LogP) is 1.98. The molecule has 0 atom stereocenters. The second kappa shape index (κ2) is 6.16. The van der Waals surface area contributed by atoms with Gasteiger partial charge in [-0.15, -0.1) is 0 Å². The Balaban J connectivity index is 1.53. The summed E-state index contributed by atoms with van der Waals surface area (Å²) in [6.45, 7) is 5.64. The van der Waals surface area contributed by atoms with Gasteiger partial charge in [-0.2, -0.15) is 10.2 Å². The van der Waals surface area contributed by atoms with Crippen molar-refractivity contribution in [3.8, 4) is 11.4 Å². The highest BCUT2D eigenvalue weighted by atomic mass is 16.2. The van der Waals surface area contributed by atoms with Crippen molar-refractivity contribution in [3.05, 3.63) is 53.1 Å². The van der Waals surface area contributed by atoms with Crippen LogP contribution in [0.2, 0.25) is 0 Å². The Bertz CT molecular complexity index is 866. The lowest BCUT2D eigenvalue weighted by Gasteiger charge is -2.20.